The Morgan fingerprint density at radius 1 is 1.31 bits per heavy atom. The Hall–Kier alpha value is -0.320. The lowest BCUT2D eigenvalue weighted by Gasteiger charge is -2.20. The fourth-order valence-electron chi connectivity index (χ4n) is 1.71. The van der Waals surface area contributed by atoms with Crippen molar-refractivity contribution in [2.45, 2.75) is 18.9 Å². The average Bonchev–Trinajstić information content (AvgIpc) is 2.32. The Morgan fingerprint density at radius 2 is 2.12 bits per heavy atom. The lowest BCUT2D eigenvalue weighted by molar-refractivity contribution is 0.170. The van der Waals surface area contributed by atoms with Gasteiger partial charge in [-0.1, -0.05) is 31.9 Å². The van der Waals surface area contributed by atoms with Gasteiger partial charge < -0.3 is 9.84 Å². The van der Waals surface area contributed by atoms with Gasteiger partial charge in [0.1, 0.15) is 6.10 Å². The van der Waals surface area contributed by atoms with E-state index in [0.29, 0.717) is 0 Å². The summed E-state index contributed by atoms with van der Waals surface area (Å²) in [6.07, 6.45) is 2.95. The van der Waals surface area contributed by atoms with Gasteiger partial charge in [-0.25, -0.2) is 0 Å². The zero-order chi connectivity index (χ0) is 11.5. The Labute approximate surface area is 112 Å². The van der Waals surface area contributed by atoms with Crippen molar-refractivity contribution < 1.29 is 9.84 Å². The molecule has 86 valence electrons. The zero-order valence-corrected chi connectivity index (χ0v) is 11.8. The molecule has 1 heterocycles. The quantitative estimate of drug-likeness (QED) is 0.878. The number of benzene rings is 1. The Morgan fingerprint density at radius 3 is 2.81 bits per heavy atom. The van der Waals surface area contributed by atoms with Gasteiger partial charge in [0, 0.05) is 14.5 Å². The van der Waals surface area contributed by atoms with Crippen LogP contribution in [0.1, 0.15) is 24.5 Å². The average molecular weight is 348 g/mol. The topological polar surface area (TPSA) is 29.5 Å². The minimum Gasteiger partial charge on any atom is -0.501 e. The summed E-state index contributed by atoms with van der Waals surface area (Å²) in [5.41, 5.74) is 1.80. The summed E-state index contributed by atoms with van der Waals surface area (Å²) in [4.78, 5) is 0. The second-order valence-electron chi connectivity index (χ2n) is 3.74. The van der Waals surface area contributed by atoms with Gasteiger partial charge in [-0.3, -0.25) is 0 Å². The maximum absolute atomic E-state index is 10.3. The molecule has 0 bridgehead atoms. The molecule has 0 aliphatic carbocycles. The number of hydrogen-bond donors (Lipinski definition) is 1. The van der Waals surface area contributed by atoms with E-state index in [2.05, 4.69) is 31.9 Å². The molecule has 4 heteroatoms. The summed E-state index contributed by atoms with van der Waals surface area (Å²) < 4.78 is 7.12. The van der Waals surface area contributed by atoms with Crippen LogP contribution in [0.3, 0.4) is 0 Å². The van der Waals surface area contributed by atoms with Crippen molar-refractivity contribution in [1.29, 1.82) is 0 Å². The van der Waals surface area contributed by atoms with E-state index in [4.69, 9.17) is 4.74 Å². The number of ether oxygens (including phenoxy) is 1. The summed E-state index contributed by atoms with van der Waals surface area (Å²) in [6, 6.07) is 5.78. The maximum Gasteiger partial charge on any atom is 0.104 e. The molecule has 1 aromatic carbocycles. The minimum absolute atomic E-state index is 0.591. The van der Waals surface area contributed by atoms with Crippen molar-refractivity contribution in [1.82, 2.24) is 0 Å². The fraction of sp³-hybridized carbons (Fsp3) is 0.333. The number of halogens is 2. The molecule has 0 amide bonds. The molecule has 2 rings (SSSR count). The number of aliphatic hydroxyl groups is 1. The summed E-state index contributed by atoms with van der Waals surface area (Å²) in [5.74, 6) is 0. The molecule has 1 atom stereocenters. The molecular weight excluding hydrogens is 336 g/mol. The first-order valence-electron chi connectivity index (χ1n) is 5.12. The number of aliphatic hydroxyl groups excluding tert-OH is 1. The lowest BCUT2D eigenvalue weighted by atomic mass is 9.98. The molecule has 0 saturated carbocycles. The summed E-state index contributed by atoms with van der Waals surface area (Å²) in [7, 11) is 0. The van der Waals surface area contributed by atoms with Crippen LogP contribution in [0, 0.1) is 0 Å². The van der Waals surface area contributed by atoms with Crippen LogP contribution in [0.2, 0.25) is 0 Å². The highest BCUT2D eigenvalue weighted by Crippen LogP contribution is 2.33. The molecule has 0 saturated heterocycles. The first-order valence-corrected chi connectivity index (χ1v) is 6.70. The smallest absolute Gasteiger partial charge is 0.104 e. The van der Waals surface area contributed by atoms with E-state index in [1.807, 2.05) is 18.2 Å². The van der Waals surface area contributed by atoms with Gasteiger partial charge >= 0.3 is 0 Å². The van der Waals surface area contributed by atoms with Crippen molar-refractivity contribution in [2.75, 3.05) is 6.61 Å². The van der Waals surface area contributed by atoms with Gasteiger partial charge in [0.05, 0.1) is 12.9 Å². The molecule has 1 unspecified atom stereocenters. The molecule has 1 aromatic rings. The standard InChI is InChI=1S/C12H12Br2O2/c13-9-3-4-11(14)10(6-9)12(15)8-2-1-5-16-7-8/h3-4,6-7,12,15H,1-2,5H2. The SMILES string of the molecule is OC(C1=COCCC1)c1cc(Br)ccc1Br. The van der Waals surface area contributed by atoms with Crippen LogP contribution in [0.5, 0.6) is 0 Å². The van der Waals surface area contributed by atoms with Crippen molar-refractivity contribution in [3.05, 3.63) is 44.5 Å². The first kappa shape index (κ1) is 12.1. The van der Waals surface area contributed by atoms with Crippen molar-refractivity contribution in [3.8, 4) is 0 Å². The maximum atomic E-state index is 10.3. The van der Waals surface area contributed by atoms with Gasteiger partial charge in [-0.2, -0.15) is 0 Å². The molecule has 0 aromatic heterocycles. The monoisotopic (exact) mass is 346 g/mol. The van der Waals surface area contributed by atoms with Gasteiger partial charge in [-0.15, -0.1) is 0 Å². The summed E-state index contributed by atoms with van der Waals surface area (Å²) in [5, 5.41) is 10.3. The number of rotatable bonds is 2. The Bertz CT molecular complexity index is 415. The van der Waals surface area contributed by atoms with Crippen LogP contribution in [0.25, 0.3) is 0 Å². The molecule has 1 aliphatic rings. The largest absolute Gasteiger partial charge is 0.501 e. The zero-order valence-electron chi connectivity index (χ0n) is 8.62. The highest BCUT2D eigenvalue weighted by molar-refractivity contribution is 9.11. The Kier molecular flexibility index (Phi) is 4.05. The molecule has 16 heavy (non-hydrogen) atoms. The molecule has 2 nitrogen and oxygen atoms in total. The van der Waals surface area contributed by atoms with E-state index >= 15 is 0 Å². The predicted molar refractivity (Wildman–Crippen MR) is 70.1 cm³/mol. The second kappa shape index (κ2) is 5.34. The van der Waals surface area contributed by atoms with E-state index in [1.54, 1.807) is 6.26 Å². The highest BCUT2D eigenvalue weighted by atomic mass is 79.9. The number of hydrogen-bond acceptors (Lipinski definition) is 2. The van der Waals surface area contributed by atoms with Crippen LogP contribution < -0.4 is 0 Å². The molecule has 0 spiro atoms. The summed E-state index contributed by atoms with van der Waals surface area (Å²) in [6.45, 7) is 0.746. The van der Waals surface area contributed by atoms with Crippen molar-refractivity contribution >= 4 is 31.9 Å². The molecule has 1 N–H and O–H groups in total. The lowest BCUT2D eigenvalue weighted by Crippen LogP contribution is -2.08. The van der Waals surface area contributed by atoms with Crippen LogP contribution in [0.4, 0.5) is 0 Å². The van der Waals surface area contributed by atoms with E-state index in [0.717, 1.165) is 39.5 Å². The van der Waals surface area contributed by atoms with Crippen LogP contribution in [-0.2, 0) is 4.74 Å². The van der Waals surface area contributed by atoms with Gasteiger partial charge in [0.25, 0.3) is 0 Å². The van der Waals surface area contributed by atoms with Gasteiger partial charge in [-0.05, 0) is 36.6 Å². The molecule has 0 fully saturated rings. The molecule has 1 aliphatic heterocycles. The second-order valence-corrected chi connectivity index (χ2v) is 5.51. The summed E-state index contributed by atoms with van der Waals surface area (Å²) >= 11 is 6.85. The fourth-order valence-corrected chi connectivity index (χ4v) is 2.55. The molecular formula is C12H12Br2O2. The normalized spacial score (nSPS) is 17.6. The van der Waals surface area contributed by atoms with E-state index in [9.17, 15) is 5.11 Å². The molecule has 0 radical (unpaired) electrons. The minimum atomic E-state index is -0.591. The van der Waals surface area contributed by atoms with Gasteiger partial charge in [0.15, 0.2) is 0 Å². The van der Waals surface area contributed by atoms with E-state index < -0.39 is 6.10 Å². The van der Waals surface area contributed by atoms with Crippen LogP contribution in [0.15, 0.2) is 39.0 Å². The van der Waals surface area contributed by atoms with Crippen molar-refractivity contribution in [3.63, 3.8) is 0 Å². The highest BCUT2D eigenvalue weighted by Gasteiger charge is 2.18. The predicted octanol–water partition coefficient (Wildman–Crippen LogP) is 3.94. The Balaban J connectivity index is 2.29. The third-order valence-electron chi connectivity index (χ3n) is 2.57. The van der Waals surface area contributed by atoms with Crippen LogP contribution >= 0.6 is 31.9 Å². The van der Waals surface area contributed by atoms with Gasteiger partial charge in [0.2, 0.25) is 0 Å². The van der Waals surface area contributed by atoms with Crippen LogP contribution in [-0.4, -0.2) is 11.7 Å². The third-order valence-corrected chi connectivity index (χ3v) is 3.78. The third kappa shape index (κ3) is 2.67. The van der Waals surface area contributed by atoms with Crippen molar-refractivity contribution in [2.24, 2.45) is 0 Å². The van der Waals surface area contributed by atoms with E-state index in [1.165, 1.54) is 0 Å². The van der Waals surface area contributed by atoms with E-state index in [-0.39, 0.29) is 0 Å². The first-order chi connectivity index (χ1) is 7.68.